The van der Waals surface area contributed by atoms with Gasteiger partial charge in [0.2, 0.25) is 5.78 Å². The number of anilines is 1. The minimum absolute atomic E-state index is 0.00402. The number of Topliss-reactive ketones (excluding diaryl/α,β-unsaturated/α-hetero) is 1. The van der Waals surface area contributed by atoms with E-state index in [2.05, 4.69) is 15.3 Å². The molecule has 0 unspecified atom stereocenters. The highest BCUT2D eigenvalue weighted by atomic mass is 16.5. The van der Waals surface area contributed by atoms with Crippen molar-refractivity contribution < 1.29 is 54.1 Å². The van der Waals surface area contributed by atoms with Crippen molar-refractivity contribution in [3.8, 4) is 23.0 Å². The number of likely N-dealkylation sites (N-methyl/N-ethyl adjacent to an activating group) is 1. The molecule has 0 aliphatic carbocycles. The van der Waals surface area contributed by atoms with E-state index in [1.165, 1.54) is 40.2 Å². The highest BCUT2D eigenvalue weighted by Crippen LogP contribution is 2.55. The van der Waals surface area contributed by atoms with Gasteiger partial charge in [-0.2, -0.15) is 5.10 Å². The van der Waals surface area contributed by atoms with E-state index in [-0.39, 0.29) is 50.9 Å². The Morgan fingerprint density at radius 2 is 1.61 bits per heavy atom. The standard InChI is InChI=1S/C44H60N4O11/c1-22-13-11-14-23(2)43(56)46-34-29(21-45-48-19-17-47(9)18-20-48)38(53)31-32(39(34)54)37(52)27(6)41-33(31)42(55)44(8,59-41)16-12-15-30(57-10)24(3)40(58-28(7)49)26(5)36(51)25(4)35(22)50/h11-15,21-22,24-26,30,35-36,40,50-54H,16-20H2,1-10H3,(H,46,56)/b13-11+,15-12+,23-14-,45-21-/t22-,24+,25+,26+,30-,35-,36+,40+,44+/m0/s1. The van der Waals surface area contributed by atoms with Gasteiger partial charge in [-0.05, 0) is 27.8 Å². The third kappa shape index (κ3) is 8.98. The van der Waals surface area contributed by atoms with Crippen LogP contribution >= 0.6 is 0 Å². The lowest BCUT2D eigenvalue weighted by atomic mass is 9.78. The SMILES string of the molecule is CO[C@H]1/C=C/C[C@@]2(C)Oc3c(C)c(O)c4c(O)c(c(/C=N\N5CCN(C)CC5)c(O)c4c3C2=O)NC(=O)/C(C)=C\C=C\[C@H](C)[C@H](O)[C@@H](C)[C@@H](O)[C@@H](C)[C@H](OC(C)=O)[C@@H]1C. The first-order valence-corrected chi connectivity index (χ1v) is 20.1. The van der Waals surface area contributed by atoms with Gasteiger partial charge in [0.1, 0.15) is 23.4 Å². The molecule has 0 radical (unpaired) electrons. The van der Waals surface area contributed by atoms with Gasteiger partial charge in [0.15, 0.2) is 11.4 Å². The maximum atomic E-state index is 14.6. The number of aromatic hydroxyl groups is 3. The van der Waals surface area contributed by atoms with Gasteiger partial charge in [-0.25, -0.2) is 0 Å². The number of carbonyl (C=O) groups is 3. The molecule has 0 saturated carbocycles. The van der Waals surface area contributed by atoms with Crippen LogP contribution in [0.25, 0.3) is 10.8 Å². The minimum Gasteiger partial charge on any atom is -0.507 e. The first-order chi connectivity index (χ1) is 27.7. The van der Waals surface area contributed by atoms with Crippen LogP contribution in [0.4, 0.5) is 5.69 Å². The molecule has 4 aliphatic rings. The Bertz CT molecular complexity index is 2070. The summed E-state index contributed by atoms with van der Waals surface area (Å²) in [4.78, 5) is 42.8. The highest BCUT2D eigenvalue weighted by molar-refractivity contribution is 6.24. The third-order valence-corrected chi connectivity index (χ3v) is 12.2. The van der Waals surface area contributed by atoms with E-state index < -0.39 is 88.6 Å². The van der Waals surface area contributed by atoms with Crippen molar-refractivity contribution in [1.29, 1.82) is 0 Å². The van der Waals surface area contributed by atoms with Crippen molar-refractivity contribution in [2.75, 3.05) is 45.7 Å². The zero-order chi connectivity index (χ0) is 43.7. The summed E-state index contributed by atoms with van der Waals surface area (Å²) < 4.78 is 18.0. The number of phenols is 3. The van der Waals surface area contributed by atoms with Gasteiger partial charge >= 0.3 is 5.97 Å². The summed E-state index contributed by atoms with van der Waals surface area (Å²) >= 11 is 0. The number of rotatable bonds is 4. The quantitative estimate of drug-likeness (QED) is 0.0807. The monoisotopic (exact) mass is 820 g/mol. The van der Waals surface area contributed by atoms with E-state index in [4.69, 9.17) is 14.2 Å². The number of carbonyl (C=O) groups excluding carboxylic acids is 3. The zero-order valence-corrected chi connectivity index (χ0v) is 35.6. The number of hydrogen-bond acceptors (Lipinski definition) is 14. The second-order valence-electron chi connectivity index (χ2n) is 16.6. The first-order valence-electron chi connectivity index (χ1n) is 20.1. The average molecular weight is 821 g/mol. The molecule has 1 saturated heterocycles. The zero-order valence-electron chi connectivity index (χ0n) is 35.6. The number of hydrazone groups is 1. The van der Waals surface area contributed by atoms with Gasteiger partial charge in [0.05, 0.1) is 46.7 Å². The molecule has 6 rings (SSSR count). The van der Waals surface area contributed by atoms with Gasteiger partial charge in [-0.1, -0.05) is 58.1 Å². The number of esters is 1. The number of phenolic OH excluding ortho intramolecular Hbond substituents is 3. The molecular weight excluding hydrogens is 761 g/mol. The maximum absolute atomic E-state index is 14.6. The summed E-state index contributed by atoms with van der Waals surface area (Å²) in [6.07, 6.45) is 5.89. The number of methoxy groups -OCH3 is 1. The Kier molecular flexibility index (Phi) is 13.9. The molecule has 4 aliphatic heterocycles. The second-order valence-corrected chi connectivity index (χ2v) is 16.6. The number of ether oxygens (including phenoxy) is 3. The Hall–Kier alpha value is -4.96. The van der Waals surface area contributed by atoms with Crippen molar-refractivity contribution in [3.05, 3.63) is 52.6 Å². The number of aliphatic hydroxyl groups excluding tert-OH is 2. The van der Waals surface area contributed by atoms with Crippen LogP contribution in [0.1, 0.15) is 76.4 Å². The Labute approximate surface area is 345 Å². The maximum Gasteiger partial charge on any atom is 0.302 e. The molecule has 2 aromatic carbocycles. The van der Waals surface area contributed by atoms with Gasteiger partial charge < -0.3 is 50.0 Å². The predicted molar refractivity (Wildman–Crippen MR) is 224 cm³/mol. The number of nitrogens with zero attached hydrogens (tertiary/aromatic N) is 3. The number of allylic oxidation sites excluding steroid dienone is 2. The predicted octanol–water partition coefficient (Wildman–Crippen LogP) is 4.79. The van der Waals surface area contributed by atoms with Crippen LogP contribution in [0.3, 0.4) is 0 Å². The Morgan fingerprint density at radius 1 is 0.949 bits per heavy atom. The number of hydrogen-bond donors (Lipinski definition) is 6. The largest absolute Gasteiger partial charge is 0.507 e. The summed E-state index contributed by atoms with van der Waals surface area (Å²) in [6.45, 7) is 15.6. The fourth-order valence-electron chi connectivity index (χ4n) is 8.23. The van der Waals surface area contributed by atoms with Crippen molar-refractivity contribution in [1.82, 2.24) is 9.91 Å². The van der Waals surface area contributed by atoms with Crippen molar-refractivity contribution >= 4 is 40.3 Å². The van der Waals surface area contributed by atoms with E-state index in [1.807, 2.05) is 14.0 Å². The lowest BCUT2D eigenvalue weighted by Gasteiger charge is -2.38. The van der Waals surface area contributed by atoms with Crippen LogP contribution < -0.4 is 10.1 Å². The van der Waals surface area contributed by atoms with E-state index in [1.54, 1.807) is 57.0 Å². The Balaban J connectivity index is 1.70. The molecule has 4 heterocycles. The lowest BCUT2D eigenvalue weighted by Crippen LogP contribution is -2.46. The number of fused-ring (bicyclic) bond motifs is 14. The van der Waals surface area contributed by atoms with E-state index in [9.17, 15) is 39.9 Å². The highest BCUT2D eigenvalue weighted by Gasteiger charge is 2.47. The van der Waals surface area contributed by atoms with Crippen molar-refractivity contribution in [2.45, 2.75) is 91.8 Å². The molecule has 0 spiro atoms. The second kappa shape index (κ2) is 18.1. The van der Waals surface area contributed by atoms with E-state index in [0.717, 1.165) is 13.1 Å². The van der Waals surface area contributed by atoms with E-state index >= 15 is 0 Å². The number of piperazine rings is 1. The summed E-state index contributed by atoms with van der Waals surface area (Å²) in [5, 5.41) is 67.2. The van der Waals surface area contributed by atoms with Gasteiger partial charge in [-0.15, -0.1) is 0 Å². The Morgan fingerprint density at radius 3 is 2.24 bits per heavy atom. The number of ketones is 1. The average Bonchev–Trinajstić information content (AvgIpc) is 3.46. The van der Waals surface area contributed by atoms with Crippen LogP contribution in [0, 0.1) is 30.6 Å². The smallest absolute Gasteiger partial charge is 0.302 e. The fraction of sp³-hybridized carbons (Fsp3) is 0.545. The molecule has 15 heteroatoms. The molecule has 1 amide bonds. The molecule has 6 N–H and O–H groups in total. The molecule has 9 atom stereocenters. The van der Waals surface area contributed by atoms with Crippen molar-refractivity contribution in [3.63, 3.8) is 0 Å². The van der Waals surface area contributed by atoms with Crippen LogP contribution in [0.2, 0.25) is 0 Å². The third-order valence-electron chi connectivity index (χ3n) is 12.2. The number of benzene rings is 2. The number of aliphatic hydroxyl groups is 2. The van der Waals surface area contributed by atoms with Gasteiger partial charge in [0, 0.05) is 86.8 Å². The molecule has 1 fully saturated rings. The summed E-state index contributed by atoms with van der Waals surface area (Å²) in [5.41, 5.74) is -1.60. The topological polar surface area (TPSA) is 211 Å². The van der Waals surface area contributed by atoms with Crippen molar-refractivity contribution in [2.24, 2.45) is 28.8 Å². The van der Waals surface area contributed by atoms with Crippen LogP contribution in [0.15, 0.2) is 41.1 Å². The summed E-state index contributed by atoms with van der Waals surface area (Å²) in [7, 11) is 3.49. The van der Waals surface area contributed by atoms with Crippen LogP contribution in [0.5, 0.6) is 23.0 Å². The molecule has 2 aromatic rings. The molecule has 322 valence electrons. The number of nitrogens with one attached hydrogen (secondary N) is 1. The van der Waals surface area contributed by atoms with E-state index in [0.29, 0.717) is 13.1 Å². The normalized spacial score (nSPS) is 32.2. The summed E-state index contributed by atoms with van der Waals surface area (Å²) in [6, 6.07) is 0. The van der Waals surface area contributed by atoms with Crippen LogP contribution in [-0.2, 0) is 19.1 Å². The lowest BCUT2D eigenvalue weighted by molar-refractivity contribution is -0.160. The first kappa shape index (κ1) is 45.1. The van der Waals surface area contributed by atoms with Crippen LogP contribution in [-0.4, -0.2) is 130 Å². The molecule has 59 heavy (non-hydrogen) atoms. The van der Waals surface area contributed by atoms with Gasteiger partial charge in [-0.3, -0.25) is 19.4 Å². The summed E-state index contributed by atoms with van der Waals surface area (Å²) in [5.74, 6) is -5.59. The van der Waals surface area contributed by atoms with Gasteiger partial charge in [0.25, 0.3) is 5.91 Å². The molecule has 15 nitrogen and oxygen atoms in total. The molecule has 0 aromatic heterocycles. The number of amides is 1. The minimum atomic E-state index is -1.54. The molecular formula is C44H60N4O11. The molecule has 5 bridgehead atoms. The fourth-order valence-corrected chi connectivity index (χ4v) is 8.23.